The summed E-state index contributed by atoms with van der Waals surface area (Å²) < 4.78 is 77.8. The molecule has 1 fully saturated rings. The van der Waals surface area contributed by atoms with Gasteiger partial charge in [0.2, 0.25) is 15.8 Å². The second kappa shape index (κ2) is 15.6. The number of pyridine rings is 1. The Hall–Kier alpha value is -5.49. The number of nitrogens with zero attached hydrogens (tertiary/aromatic N) is 3. The van der Waals surface area contributed by atoms with E-state index in [4.69, 9.17) is 18.9 Å². The van der Waals surface area contributed by atoms with Crippen molar-refractivity contribution in [2.24, 2.45) is 0 Å². The third kappa shape index (κ3) is 9.31. The minimum atomic E-state index is -4.10. The van der Waals surface area contributed by atoms with Crippen LogP contribution in [0.5, 0.6) is 0 Å². The van der Waals surface area contributed by atoms with E-state index in [0.29, 0.717) is 24.2 Å². The highest BCUT2D eigenvalue weighted by Gasteiger charge is 2.30. The lowest BCUT2D eigenvalue weighted by Gasteiger charge is -2.23. The highest BCUT2D eigenvalue weighted by atomic mass is 32.2. The van der Waals surface area contributed by atoms with Crippen LogP contribution in [0.15, 0.2) is 48.7 Å². The molecule has 18 heteroatoms. The summed E-state index contributed by atoms with van der Waals surface area (Å²) in [7, 11) is -2.98. The number of benzene rings is 2. The van der Waals surface area contributed by atoms with E-state index >= 15 is 4.39 Å². The third-order valence-electron chi connectivity index (χ3n) is 7.82. The Balaban J connectivity index is 1.43. The van der Waals surface area contributed by atoms with Crippen molar-refractivity contribution in [3.05, 3.63) is 77.1 Å². The van der Waals surface area contributed by atoms with Crippen LogP contribution in [0.4, 0.5) is 19.3 Å². The average Bonchev–Trinajstić information content (AvgIpc) is 3.49. The van der Waals surface area contributed by atoms with E-state index in [-0.39, 0.29) is 22.3 Å². The van der Waals surface area contributed by atoms with Crippen LogP contribution in [0.25, 0.3) is 22.2 Å². The number of carbonyl (C=O) groups is 4. The molecule has 2 aromatic carbocycles. The van der Waals surface area contributed by atoms with Crippen molar-refractivity contribution < 1.29 is 55.3 Å². The maximum Gasteiger partial charge on any atom is 0.408 e. The molecule has 0 radical (unpaired) electrons. The molecule has 0 saturated carbocycles. The molecule has 4 aromatic rings. The van der Waals surface area contributed by atoms with Crippen LogP contribution in [0.1, 0.15) is 72.7 Å². The molecule has 2 N–H and O–H groups in total. The van der Waals surface area contributed by atoms with Gasteiger partial charge in [-0.1, -0.05) is 12.1 Å². The lowest BCUT2D eigenvalue weighted by atomic mass is 10.0. The molecular weight excluding hydrogens is 720 g/mol. The first kappa shape index (κ1) is 38.7. The normalized spacial score (nSPS) is 15.3. The molecule has 1 aliphatic rings. The Kier molecular flexibility index (Phi) is 11.4. The van der Waals surface area contributed by atoms with E-state index in [1.54, 1.807) is 43.7 Å². The lowest BCUT2D eigenvalue weighted by Crippen LogP contribution is -2.47. The van der Waals surface area contributed by atoms with E-state index in [2.05, 4.69) is 15.4 Å². The van der Waals surface area contributed by atoms with Crippen LogP contribution >= 0.6 is 0 Å². The number of carbonyl (C=O) groups excluding carboxylic acids is 4. The molecular formula is C35H37F2N5O10S. The van der Waals surface area contributed by atoms with Crippen LogP contribution in [-0.2, 0) is 33.8 Å². The third-order valence-corrected chi connectivity index (χ3v) is 8.40. The zero-order valence-corrected chi connectivity index (χ0v) is 30.2. The number of rotatable bonds is 11. The largest absolute Gasteiger partial charge is 0.467 e. The van der Waals surface area contributed by atoms with E-state index < -0.39 is 81.2 Å². The molecule has 1 saturated heterocycles. The highest BCUT2D eigenvalue weighted by Crippen LogP contribution is 2.32. The fourth-order valence-corrected chi connectivity index (χ4v) is 5.96. The lowest BCUT2D eigenvalue weighted by molar-refractivity contribution is -0.144. The number of esters is 2. The smallest absolute Gasteiger partial charge is 0.408 e. The molecule has 5 rings (SSSR count). The second-order valence-corrected chi connectivity index (χ2v) is 14.8. The Morgan fingerprint density at radius 1 is 1.06 bits per heavy atom. The average molecular weight is 758 g/mol. The van der Waals surface area contributed by atoms with E-state index in [1.165, 1.54) is 23.0 Å². The van der Waals surface area contributed by atoms with Gasteiger partial charge in [-0.2, -0.15) is 5.10 Å². The molecule has 1 aliphatic heterocycles. The van der Waals surface area contributed by atoms with E-state index in [1.807, 2.05) is 0 Å². The molecule has 2 unspecified atom stereocenters. The first-order chi connectivity index (χ1) is 25.0. The number of halogens is 2. The van der Waals surface area contributed by atoms with Gasteiger partial charge in [0.25, 0.3) is 0 Å². The molecule has 3 heterocycles. The predicted molar refractivity (Wildman–Crippen MR) is 186 cm³/mol. The van der Waals surface area contributed by atoms with Crippen molar-refractivity contribution in [3.63, 3.8) is 0 Å². The summed E-state index contributed by atoms with van der Waals surface area (Å²) in [6.07, 6.45) is 2.96. The summed E-state index contributed by atoms with van der Waals surface area (Å²) in [5.74, 6) is -5.25. The molecule has 2 atom stereocenters. The van der Waals surface area contributed by atoms with Crippen molar-refractivity contribution >= 4 is 50.6 Å². The Labute approximate surface area is 303 Å². The zero-order chi connectivity index (χ0) is 38.7. The standard InChI is InChI=1S/C35H37F2N5O10S/c1-35(2,3)52-34(46)39-25(33(45)49-4)18-51-32(44)20-11-9-19(10-12-20)21-16-23-28(40-42(31(23)38-17-21)26-8-6-7-15-50-26)30(43)22-13-14-24(36)29(27(22)37)41-53(5,47)48/h9-14,16-17,25-26,41H,6-8,15,18H2,1-5H3,(H,39,46). The van der Waals surface area contributed by atoms with Crippen molar-refractivity contribution in [1.82, 2.24) is 20.1 Å². The number of nitrogens with one attached hydrogen (secondary N) is 2. The van der Waals surface area contributed by atoms with Crippen molar-refractivity contribution in [2.75, 3.05) is 31.3 Å². The fourth-order valence-electron chi connectivity index (χ4n) is 5.40. The second-order valence-electron chi connectivity index (χ2n) is 13.1. The van der Waals surface area contributed by atoms with Crippen molar-refractivity contribution in [1.29, 1.82) is 0 Å². The molecule has 0 bridgehead atoms. The Morgan fingerprint density at radius 2 is 1.77 bits per heavy atom. The van der Waals surface area contributed by atoms with E-state index in [0.717, 1.165) is 38.3 Å². The number of aromatic nitrogens is 3. The molecule has 1 amide bonds. The zero-order valence-electron chi connectivity index (χ0n) is 29.4. The quantitative estimate of drug-likeness (QED) is 0.120. The van der Waals surface area contributed by atoms with E-state index in [9.17, 15) is 32.0 Å². The predicted octanol–water partition coefficient (Wildman–Crippen LogP) is 4.90. The van der Waals surface area contributed by atoms with Gasteiger partial charge in [-0.15, -0.1) is 0 Å². The Bertz CT molecular complexity index is 2160. The SMILES string of the molecule is COC(=O)C(COC(=O)c1ccc(-c2cnc3c(c2)c(C(=O)c2ccc(F)c(NS(C)(=O)=O)c2F)nn3C2CCCCO2)cc1)NC(=O)OC(C)(C)C. The van der Waals surface area contributed by atoms with Crippen LogP contribution in [0, 0.1) is 11.6 Å². The van der Waals surface area contributed by atoms with Gasteiger partial charge in [-0.05, 0) is 75.9 Å². The summed E-state index contributed by atoms with van der Waals surface area (Å²) in [6, 6.07) is 7.99. The van der Waals surface area contributed by atoms with Gasteiger partial charge in [-0.3, -0.25) is 9.52 Å². The Morgan fingerprint density at radius 3 is 2.40 bits per heavy atom. The first-order valence-electron chi connectivity index (χ1n) is 16.3. The summed E-state index contributed by atoms with van der Waals surface area (Å²) in [4.78, 5) is 55.7. The van der Waals surface area contributed by atoms with Gasteiger partial charge in [-0.25, -0.2) is 41.2 Å². The van der Waals surface area contributed by atoms with Gasteiger partial charge in [0.15, 0.2) is 23.7 Å². The topological polar surface area (TPSA) is 194 Å². The van der Waals surface area contributed by atoms with Gasteiger partial charge in [0.1, 0.15) is 29.4 Å². The fraction of sp³-hybridized carbons (Fsp3) is 0.371. The van der Waals surface area contributed by atoms with Gasteiger partial charge < -0.3 is 24.3 Å². The summed E-state index contributed by atoms with van der Waals surface area (Å²) in [5, 5.41) is 6.99. The van der Waals surface area contributed by atoms with Crippen LogP contribution in [0.2, 0.25) is 0 Å². The van der Waals surface area contributed by atoms with Gasteiger partial charge in [0, 0.05) is 18.4 Å². The molecule has 0 aliphatic carbocycles. The number of sulfonamides is 1. The number of fused-ring (bicyclic) bond motifs is 1. The molecule has 2 aromatic heterocycles. The number of ether oxygens (including phenoxy) is 4. The van der Waals surface area contributed by atoms with Crippen LogP contribution in [0.3, 0.4) is 0 Å². The molecule has 15 nitrogen and oxygen atoms in total. The van der Waals surface area contributed by atoms with Crippen molar-refractivity contribution in [3.8, 4) is 11.1 Å². The summed E-state index contributed by atoms with van der Waals surface area (Å²) in [6.45, 7) is 4.83. The van der Waals surface area contributed by atoms with Crippen LogP contribution < -0.4 is 10.0 Å². The monoisotopic (exact) mass is 757 g/mol. The minimum absolute atomic E-state index is 0.104. The maximum absolute atomic E-state index is 15.5. The summed E-state index contributed by atoms with van der Waals surface area (Å²) >= 11 is 0. The molecule has 0 spiro atoms. The van der Waals surface area contributed by atoms with Crippen LogP contribution in [-0.4, -0.2) is 85.2 Å². The number of alkyl carbamates (subject to hydrolysis) is 1. The minimum Gasteiger partial charge on any atom is -0.467 e. The maximum atomic E-state index is 15.5. The number of hydrogen-bond donors (Lipinski definition) is 2. The summed E-state index contributed by atoms with van der Waals surface area (Å²) in [5.41, 5.74) is -1.33. The number of amides is 1. The molecule has 53 heavy (non-hydrogen) atoms. The molecule has 282 valence electrons. The van der Waals surface area contributed by atoms with Crippen molar-refractivity contribution in [2.45, 2.75) is 57.9 Å². The first-order valence-corrected chi connectivity index (χ1v) is 18.2. The number of anilines is 1. The number of hydrogen-bond acceptors (Lipinski definition) is 12. The number of ketones is 1. The number of methoxy groups -OCH3 is 1. The van der Waals surface area contributed by atoms with Gasteiger partial charge in [0.05, 0.1) is 29.9 Å². The highest BCUT2D eigenvalue weighted by molar-refractivity contribution is 7.92. The van der Waals surface area contributed by atoms with Gasteiger partial charge >= 0.3 is 18.0 Å².